The molecule has 0 spiro atoms. The summed E-state index contributed by atoms with van der Waals surface area (Å²) < 4.78 is 0. The molecular formula is C12H8N2O3S. The second-order valence-electron chi connectivity index (χ2n) is 3.80. The maximum atomic E-state index is 11.8. The summed E-state index contributed by atoms with van der Waals surface area (Å²) in [6, 6.07) is 5.19. The van der Waals surface area contributed by atoms with E-state index in [2.05, 4.69) is 10.3 Å². The average Bonchev–Trinajstić information content (AvgIpc) is 2.98. The quantitative estimate of drug-likeness (QED) is 0.724. The number of carboxylic acids is 1. The zero-order valence-electron chi connectivity index (χ0n) is 9.06. The molecule has 0 bridgehead atoms. The molecule has 0 saturated carbocycles. The lowest BCUT2D eigenvalue weighted by atomic mass is 10.1. The van der Waals surface area contributed by atoms with E-state index < -0.39 is 5.97 Å². The van der Waals surface area contributed by atoms with Gasteiger partial charge in [-0.1, -0.05) is 0 Å². The standard InChI is InChI=1S/C12H8N2O3S/c15-10-7(4-6-2-1-3-13-6)8-5-9(12(16)17)18-11(8)14-10/h1-5,13H,(H,14,15)(H,16,17)/b7-4-. The number of hydrogen-bond acceptors (Lipinski definition) is 3. The molecule has 0 fully saturated rings. The lowest BCUT2D eigenvalue weighted by Gasteiger charge is -1.94. The second-order valence-corrected chi connectivity index (χ2v) is 4.85. The van der Waals surface area contributed by atoms with Gasteiger partial charge < -0.3 is 15.4 Å². The van der Waals surface area contributed by atoms with E-state index in [9.17, 15) is 9.59 Å². The number of rotatable bonds is 2. The van der Waals surface area contributed by atoms with Crippen LogP contribution in [0.5, 0.6) is 0 Å². The smallest absolute Gasteiger partial charge is 0.345 e. The Balaban J connectivity index is 2.08. The van der Waals surface area contributed by atoms with Crippen LogP contribution in [0.15, 0.2) is 24.4 Å². The van der Waals surface area contributed by atoms with Crippen molar-refractivity contribution in [3.8, 4) is 0 Å². The summed E-state index contributed by atoms with van der Waals surface area (Å²) in [4.78, 5) is 25.8. The fraction of sp³-hybridized carbons (Fsp3) is 0. The predicted octanol–water partition coefficient (Wildman–Crippen LogP) is 2.27. The Bertz CT molecular complexity index is 668. The third-order valence-corrected chi connectivity index (χ3v) is 3.67. The molecule has 90 valence electrons. The average molecular weight is 260 g/mol. The number of hydrogen-bond donors (Lipinski definition) is 3. The number of carbonyl (C=O) groups excluding carboxylic acids is 1. The van der Waals surface area contributed by atoms with Crippen molar-refractivity contribution in [3.05, 3.63) is 40.5 Å². The third kappa shape index (κ3) is 1.63. The molecular weight excluding hydrogens is 252 g/mol. The molecule has 3 N–H and O–H groups in total. The largest absolute Gasteiger partial charge is 0.477 e. The van der Waals surface area contributed by atoms with E-state index in [1.807, 2.05) is 12.1 Å². The molecule has 2 aromatic heterocycles. The summed E-state index contributed by atoms with van der Waals surface area (Å²) in [5, 5.41) is 12.2. The first-order valence-electron chi connectivity index (χ1n) is 5.19. The van der Waals surface area contributed by atoms with E-state index in [0.717, 1.165) is 17.0 Å². The van der Waals surface area contributed by atoms with Crippen LogP contribution in [0.3, 0.4) is 0 Å². The molecule has 5 nitrogen and oxygen atoms in total. The Morgan fingerprint density at radius 2 is 2.28 bits per heavy atom. The van der Waals surface area contributed by atoms with Gasteiger partial charge in [-0.05, 0) is 24.3 Å². The highest BCUT2D eigenvalue weighted by atomic mass is 32.1. The van der Waals surface area contributed by atoms with Crippen molar-refractivity contribution in [1.29, 1.82) is 0 Å². The van der Waals surface area contributed by atoms with Crippen LogP contribution in [0.4, 0.5) is 5.00 Å². The van der Waals surface area contributed by atoms with Gasteiger partial charge in [-0.15, -0.1) is 11.3 Å². The lowest BCUT2D eigenvalue weighted by Crippen LogP contribution is -2.04. The van der Waals surface area contributed by atoms with Gasteiger partial charge >= 0.3 is 5.97 Å². The van der Waals surface area contributed by atoms with Crippen LogP contribution >= 0.6 is 11.3 Å². The van der Waals surface area contributed by atoms with Crippen LogP contribution in [-0.2, 0) is 4.79 Å². The highest BCUT2D eigenvalue weighted by Gasteiger charge is 2.28. The molecule has 2 aromatic rings. The van der Waals surface area contributed by atoms with Crippen LogP contribution in [0.25, 0.3) is 11.6 Å². The zero-order valence-corrected chi connectivity index (χ0v) is 9.88. The first kappa shape index (κ1) is 10.8. The molecule has 0 aliphatic carbocycles. The molecule has 18 heavy (non-hydrogen) atoms. The monoisotopic (exact) mass is 260 g/mol. The fourth-order valence-electron chi connectivity index (χ4n) is 1.81. The van der Waals surface area contributed by atoms with Crippen LogP contribution in [0.1, 0.15) is 20.9 Å². The van der Waals surface area contributed by atoms with Crippen molar-refractivity contribution in [1.82, 2.24) is 4.98 Å². The van der Waals surface area contributed by atoms with Crippen molar-refractivity contribution < 1.29 is 14.7 Å². The van der Waals surface area contributed by atoms with E-state index in [1.54, 1.807) is 12.3 Å². The summed E-state index contributed by atoms with van der Waals surface area (Å²) >= 11 is 1.07. The highest BCUT2D eigenvalue weighted by Crippen LogP contribution is 2.39. The van der Waals surface area contributed by atoms with E-state index >= 15 is 0 Å². The van der Waals surface area contributed by atoms with Gasteiger partial charge in [-0.3, -0.25) is 4.79 Å². The summed E-state index contributed by atoms with van der Waals surface area (Å²) in [5.41, 5.74) is 1.93. The van der Waals surface area contributed by atoms with E-state index in [1.165, 1.54) is 6.07 Å². The van der Waals surface area contributed by atoms with Crippen molar-refractivity contribution in [2.24, 2.45) is 0 Å². The molecule has 0 unspecified atom stereocenters. The van der Waals surface area contributed by atoms with Gasteiger partial charge in [-0.25, -0.2) is 4.79 Å². The summed E-state index contributed by atoms with van der Waals surface area (Å²) in [6.07, 6.45) is 3.47. The second kappa shape index (κ2) is 3.85. The Hall–Kier alpha value is -2.34. The minimum Gasteiger partial charge on any atom is -0.477 e. The van der Waals surface area contributed by atoms with Crippen LogP contribution in [0, 0.1) is 0 Å². The Labute approximate surface area is 106 Å². The molecule has 6 heteroatoms. The van der Waals surface area contributed by atoms with E-state index in [-0.39, 0.29) is 10.8 Å². The number of carboxylic acid groups (broad SMARTS) is 1. The molecule has 0 atom stereocenters. The van der Waals surface area contributed by atoms with Gasteiger partial charge in [0, 0.05) is 17.5 Å². The maximum absolute atomic E-state index is 11.8. The Kier molecular flexibility index (Phi) is 2.31. The Morgan fingerprint density at radius 1 is 1.44 bits per heavy atom. The fourth-order valence-corrected chi connectivity index (χ4v) is 2.72. The van der Waals surface area contributed by atoms with Crippen molar-refractivity contribution in [2.75, 3.05) is 5.32 Å². The maximum Gasteiger partial charge on any atom is 0.345 e. The molecule has 0 saturated heterocycles. The Morgan fingerprint density at radius 3 is 2.94 bits per heavy atom. The van der Waals surface area contributed by atoms with E-state index in [0.29, 0.717) is 16.1 Å². The first-order chi connectivity index (χ1) is 8.65. The highest BCUT2D eigenvalue weighted by molar-refractivity contribution is 7.18. The van der Waals surface area contributed by atoms with Crippen molar-refractivity contribution in [3.63, 3.8) is 0 Å². The summed E-state index contributed by atoms with van der Waals surface area (Å²) in [5.74, 6) is -1.19. The molecule has 3 heterocycles. The zero-order chi connectivity index (χ0) is 12.7. The van der Waals surface area contributed by atoms with Gasteiger partial charge in [0.05, 0.1) is 5.57 Å². The number of amides is 1. The molecule has 1 aliphatic rings. The van der Waals surface area contributed by atoms with Gasteiger partial charge in [0.15, 0.2) is 0 Å². The van der Waals surface area contributed by atoms with Gasteiger partial charge in [0.2, 0.25) is 0 Å². The van der Waals surface area contributed by atoms with Crippen molar-refractivity contribution in [2.45, 2.75) is 0 Å². The van der Waals surface area contributed by atoms with E-state index in [4.69, 9.17) is 5.11 Å². The molecule has 1 amide bonds. The number of H-pyrrole nitrogens is 1. The number of fused-ring (bicyclic) bond motifs is 1. The SMILES string of the molecule is O=C1Nc2sc(C(=O)O)cc2/C1=C/c1ccc[nH]1. The molecule has 0 radical (unpaired) electrons. The number of aromatic amines is 1. The van der Waals surface area contributed by atoms with Crippen LogP contribution in [0.2, 0.25) is 0 Å². The normalized spacial score (nSPS) is 15.8. The lowest BCUT2D eigenvalue weighted by molar-refractivity contribution is -0.110. The van der Waals surface area contributed by atoms with Crippen LogP contribution in [-0.4, -0.2) is 22.0 Å². The number of nitrogens with one attached hydrogen (secondary N) is 2. The number of thiophene rings is 1. The predicted molar refractivity (Wildman–Crippen MR) is 68.6 cm³/mol. The molecule has 3 rings (SSSR count). The molecule has 0 aromatic carbocycles. The number of carbonyl (C=O) groups is 2. The minimum atomic E-state index is -0.983. The number of anilines is 1. The van der Waals surface area contributed by atoms with Crippen molar-refractivity contribution >= 4 is 39.9 Å². The number of aromatic nitrogens is 1. The number of aromatic carboxylic acids is 1. The van der Waals surface area contributed by atoms with Gasteiger partial charge in [0.1, 0.15) is 9.88 Å². The topological polar surface area (TPSA) is 82.2 Å². The first-order valence-corrected chi connectivity index (χ1v) is 6.01. The van der Waals surface area contributed by atoms with Gasteiger partial charge in [0.25, 0.3) is 5.91 Å². The van der Waals surface area contributed by atoms with Crippen LogP contribution < -0.4 is 5.32 Å². The minimum absolute atomic E-state index is 0.206. The van der Waals surface area contributed by atoms with Gasteiger partial charge in [-0.2, -0.15) is 0 Å². The third-order valence-electron chi connectivity index (χ3n) is 2.63. The summed E-state index contributed by atoms with van der Waals surface area (Å²) in [6.45, 7) is 0. The summed E-state index contributed by atoms with van der Waals surface area (Å²) in [7, 11) is 0. The molecule has 1 aliphatic heterocycles.